The molecule has 0 N–H and O–H groups in total. The Bertz CT molecular complexity index is 613. The SMILES string of the molecule is CCOC(=O)[C@@]1(C#N)CC[C@@]2(C#N)C(=O)C=C(OCC)CC21. The van der Waals surface area contributed by atoms with Gasteiger partial charge in [-0.25, -0.2) is 0 Å². The molecule has 0 amide bonds. The van der Waals surface area contributed by atoms with Gasteiger partial charge in [0.2, 0.25) is 0 Å². The van der Waals surface area contributed by atoms with E-state index in [1.807, 2.05) is 6.07 Å². The number of fused-ring (bicyclic) bond motifs is 1. The second-order valence-electron chi connectivity index (χ2n) is 5.55. The Balaban J connectivity index is 2.50. The topological polar surface area (TPSA) is 100 Å². The molecule has 1 unspecified atom stereocenters. The highest BCUT2D eigenvalue weighted by atomic mass is 16.5. The molecular weight excluding hydrogens is 284 g/mol. The third-order valence-corrected chi connectivity index (χ3v) is 4.61. The van der Waals surface area contributed by atoms with Crippen molar-refractivity contribution >= 4 is 11.8 Å². The lowest BCUT2D eigenvalue weighted by Gasteiger charge is -2.36. The molecule has 0 saturated heterocycles. The van der Waals surface area contributed by atoms with E-state index in [1.54, 1.807) is 13.8 Å². The Labute approximate surface area is 129 Å². The summed E-state index contributed by atoms with van der Waals surface area (Å²) in [4.78, 5) is 24.8. The van der Waals surface area contributed by atoms with Crippen molar-refractivity contribution in [3.05, 3.63) is 11.8 Å². The molecule has 3 atom stereocenters. The maximum Gasteiger partial charge on any atom is 0.326 e. The van der Waals surface area contributed by atoms with Gasteiger partial charge < -0.3 is 9.47 Å². The summed E-state index contributed by atoms with van der Waals surface area (Å²) >= 11 is 0. The summed E-state index contributed by atoms with van der Waals surface area (Å²) in [7, 11) is 0. The Morgan fingerprint density at radius 1 is 1.32 bits per heavy atom. The van der Waals surface area contributed by atoms with Gasteiger partial charge in [0.25, 0.3) is 0 Å². The lowest BCUT2D eigenvalue weighted by atomic mass is 9.63. The number of esters is 1. The monoisotopic (exact) mass is 302 g/mol. The molecule has 2 aliphatic rings. The van der Waals surface area contributed by atoms with E-state index in [0.29, 0.717) is 12.4 Å². The maximum absolute atomic E-state index is 12.5. The minimum absolute atomic E-state index is 0.149. The second-order valence-corrected chi connectivity index (χ2v) is 5.55. The van der Waals surface area contributed by atoms with Gasteiger partial charge in [0, 0.05) is 18.4 Å². The molecule has 2 aliphatic carbocycles. The van der Waals surface area contributed by atoms with E-state index in [0.717, 1.165) is 0 Å². The fourth-order valence-corrected chi connectivity index (χ4v) is 3.50. The van der Waals surface area contributed by atoms with E-state index in [2.05, 4.69) is 6.07 Å². The molecule has 1 fully saturated rings. The summed E-state index contributed by atoms with van der Waals surface area (Å²) in [5, 5.41) is 19.2. The van der Waals surface area contributed by atoms with Gasteiger partial charge >= 0.3 is 5.97 Å². The summed E-state index contributed by atoms with van der Waals surface area (Å²) < 4.78 is 10.4. The number of rotatable bonds is 4. The molecule has 6 heteroatoms. The highest BCUT2D eigenvalue weighted by Gasteiger charge is 2.66. The summed E-state index contributed by atoms with van der Waals surface area (Å²) in [6, 6.07) is 4.11. The normalized spacial score (nSPS) is 33.2. The summed E-state index contributed by atoms with van der Waals surface area (Å²) in [6.07, 6.45) is 1.90. The van der Waals surface area contributed by atoms with Crippen LogP contribution in [0.15, 0.2) is 11.8 Å². The van der Waals surface area contributed by atoms with Gasteiger partial charge in [-0.1, -0.05) is 0 Å². The number of hydrogen-bond donors (Lipinski definition) is 0. The molecule has 0 aromatic heterocycles. The molecule has 2 rings (SSSR count). The fraction of sp³-hybridized carbons (Fsp3) is 0.625. The number of nitrogens with zero attached hydrogens (tertiary/aromatic N) is 2. The predicted molar refractivity (Wildman–Crippen MR) is 74.8 cm³/mol. The molecule has 1 saturated carbocycles. The minimum atomic E-state index is -1.46. The van der Waals surface area contributed by atoms with Crippen LogP contribution in [0, 0.1) is 39.4 Å². The smallest absolute Gasteiger partial charge is 0.326 e. The van der Waals surface area contributed by atoms with Crippen LogP contribution < -0.4 is 0 Å². The van der Waals surface area contributed by atoms with Gasteiger partial charge in [-0.2, -0.15) is 10.5 Å². The van der Waals surface area contributed by atoms with Gasteiger partial charge in [0.1, 0.15) is 5.41 Å². The standard InChI is InChI=1S/C16H18N2O4/c1-3-21-11-7-12-15(9-17,13(19)8-11)5-6-16(12,10-18)14(20)22-4-2/h8,12H,3-7H2,1-2H3/t12?,15-,16+/m0/s1. The molecule has 0 aromatic carbocycles. The number of ketones is 1. The molecule has 0 heterocycles. The molecule has 0 radical (unpaired) electrons. The van der Waals surface area contributed by atoms with Gasteiger partial charge in [0.05, 0.1) is 31.1 Å². The van der Waals surface area contributed by atoms with Crippen molar-refractivity contribution in [3.8, 4) is 12.1 Å². The van der Waals surface area contributed by atoms with Crippen LogP contribution in [-0.2, 0) is 19.1 Å². The van der Waals surface area contributed by atoms with Gasteiger partial charge in [-0.15, -0.1) is 0 Å². The third kappa shape index (κ3) is 2.07. The summed E-state index contributed by atoms with van der Waals surface area (Å²) in [5.74, 6) is -1.33. The molecule has 116 valence electrons. The van der Waals surface area contributed by atoms with Crippen LogP contribution >= 0.6 is 0 Å². The number of carbonyl (C=O) groups is 2. The van der Waals surface area contributed by atoms with E-state index in [1.165, 1.54) is 6.08 Å². The van der Waals surface area contributed by atoms with Crippen LogP contribution in [0.1, 0.15) is 33.1 Å². The first kappa shape index (κ1) is 16.0. The van der Waals surface area contributed by atoms with Gasteiger partial charge in [-0.05, 0) is 26.7 Å². The molecule has 0 aromatic rings. The van der Waals surface area contributed by atoms with Crippen LogP contribution in [0.2, 0.25) is 0 Å². The fourth-order valence-electron chi connectivity index (χ4n) is 3.50. The molecule has 0 spiro atoms. The van der Waals surface area contributed by atoms with E-state index >= 15 is 0 Å². The van der Waals surface area contributed by atoms with E-state index in [-0.39, 0.29) is 31.7 Å². The van der Waals surface area contributed by atoms with Gasteiger partial charge in [-0.3, -0.25) is 9.59 Å². The Hall–Kier alpha value is -2.34. The van der Waals surface area contributed by atoms with Crippen molar-refractivity contribution in [2.75, 3.05) is 13.2 Å². The first-order valence-electron chi connectivity index (χ1n) is 7.38. The van der Waals surface area contributed by atoms with Crippen LogP contribution in [0.25, 0.3) is 0 Å². The second kappa shape index (κ2) is 5.81. The lowest BCUT2D eigenvalue weighted by Crippen LogP contribution is -2.45. The summed E-state index contributed by atoms with van der Waals surface area (Å²) in [6.45, 7) is 3.98. The van der Waals surface area contributed by atoms with Crippen molar-refractivity contribution < 1.29 is 19.1 Å². The predicted octanol–water partition coefficient (Wildman–Crippen LogP) is 1.87. The highest BCUT2D eigenvalue weighted by molar-refractivity contribution is 6.00. The maximum atomic E-state index is 12.5. The zero-order valence-corrected chi connectivity index (χ0v) is 12.7. The first-order valence-corrected chi connectivity index (χ1v) is 7.38. The summed E-state index contributed by atoms with van der Waals surface area (Å²) in [5.41, 5.74) is -2.79. The van der Waals surface area contributed by atoms with E-state index < -0.39 is 22.7 Å². The Morgan fingerprint density at radius 3 is 2.59 bits per heavy atom. The minimum Gasteiger partial charge on any atom is -0.498 e. The zero-order chi connectivity index (χ0) is 16.4. The van der Waals surface area contributed by atoms with Crippen LogP contribution in [-0.4, -0.2) is 25.0 Å². The van der Waals surface area contributed by atoms with Crippen molar-refractivity contribution in [2.45, 2.75) is 33.1 Å². The molecule has 0 aliphatic heterocycles. The average Bonchev–Trinajstić information content (AvgIpc) is 2.84. The van der Waals surface area contributed by atoms with Crippen molar-refractivity contribution in [3.63, 3.8) is 0 Å². The zero-order valence-electron chi connectivity index (χ0n) is 12.7. The van der Waals surface area contributed by atoms with E-state index in [4.69, 9.17) is 9.47 Å². The number of carbonyl (C=O) groups excluding carboxylic acids is 2. The number of nitriles is 2. The average molecular weight is 302 g/mol. The number of allylic oxidation sites excluding steroid dienone is 2. The molecule has 6 nitrogen and oxygen atoms in total. The third-order valence-electron chi connectivity index (χ3n) is 4.61. The lowest BCUT2D eigenvalue weighted by molar-refractivity contribution is -0.155. The molecular formula is C16H18N2O4. The van der Waals surface area contributed by atoms with Crippen LogP contribution in [0.4, 0.5) is 0 Å². The largest absolute Gasteiger partial charge is 0.498 e. The van der Waals surface area contributed by atoms with Crippen LogP contribution in [0.3, 0.4) is 0 Å². The van der Waals surface area contributed by atoms with Crippen molar-refractivity contribution in [1.29, 1.82) is 10.5 Å². The quantitative estimate of drug-likeness (QED) is 0.735. The Morgan fingerprint density at radius 2 is 2.05 bits per heavy atom. The van der Waals surface area contributed by atoms with Crippen LogP contribution in [0.5, 0.6) is 0 Å². The van der Waals surface area contributed by atoms with Gasteiger partial charge in [0.15, 0.2) is 11.2 Å². The number of hydrogen-bond acceptors (Lipinski definition) is 6. The van der Waals surface area contributed by atoms with E-state index in [9.17, 15) is 20.1 Å². The highest BCUT2D eigenvalue weighted by Crippen LogP contribution is 2.59. The number of ether oxygens (including phenoxy) is 2. The van der Waals surface area contributed by atoms with Crippen molar-refractivity contribution in [2.24, 2.45) is 16.7 Å². The van der Waals surface area contributed by atoms with Crippen molar-refractivity contribution in [1.82, 2.24) is 0 Å². The molecule has 22 heavy (non-hydrogen) atoms. The Kier molecular flexibility index (Phi) is 4.23. The molecule has 0 bridgehead atoms. The first-order chi connectivity index (χ1) is 10.5.